The Hall–Kier alpha value is -4.37. The number of anilines is 1. The Morgan fingerprint density at radius 1 is 1.00 bits per heavy atom. The highest BCUT2D eigenvalue weighted by atomic mass is 16.5. The molecular formula is C31H38N5O4+. The van der Waals surface area contributed by atoms with Crippen LogP contribution in [-0.2, 0) is 11.3 Å². The molecule has 0 aromatic heterocycles. The van der Waals surface area contributed by atoms with Crippen molar-refractivity contribution in [1.29, 1.82) is 0 Å². The summed E-state index contributed by atoms with van der Waals surface area (Å²) < 4.78 is 11.0. The smallest absolute Gasteiger partial charge is 0.271 e. The maximum absolute atomic E-state index is 12.5. The molecule has 0 atom stereocenters. The molecule has 0 saturated carbocycles. The number of ether oxygens (including phenoxy) is 2. The number of piperazine rings is 1. The Balaban J connectivity index is 1.20. The molecule has 1 fully saturated rings. The minimum absolute atomic E-state index is 0.0394. The van der Waals surface area contributed by atoms with Crippen LogP contribution in [0.3, 0.4) is 0 Å². The molecule has 0 aliphatic carbocycles. The van der Waals surface area contributed by atoms with Gasteiger partial charge < -0.3 is 24.6 Å². The van der Waals surface area contributed by atoms with Gasteiger partial charge in [-0.05, 0) is 67.9 Å². The zero-order chi connectivity index (χ0) is 28.3. The van der Waals surface area contributed by atoms with E-state index in [0.29, 0.717) is 11.3 Å². The summed E-state index contributed by atoms with van der Waals surface area (Å²) in [4.78, 5) is 28.1. The third kappa shape index (κ3) is 8.31. The van der Waals surface area contributed by atoms with Crippen molar-refractivity contribution in [3.63, 3.8) is 0 Å². The number of hydrogen-bond donors (Lipinski definition) is 3. The molecule has 3 aromatic carbocycles. The third-order valence-corrected chi connectivity index (χ3v) is 6.65. The van der Waals surface area contributed by atoms with Gasteiger partial charge in [-0.25, -0.2) is 5.43 Å². The van der Waals surface area contributed by atoms with Crippen LogP contribution in [0, 0.1) is 0 Å². The number of benzene rings is 3. The quantitative estimate of drug-likeness (QED) is 0.254. The van der Waals surface area contributed by atoms with Crippen LogP contribution in [0.1, 0.15) is 35.3 Å². The number of carbonyl (C=O) groups excluding carboxylic acids is 2. The minimum atomic E-state index is -0.267. The summed E-state index contributed by atoms with van der Waals surface area (Å²) in [5.74, 6) is 1.06. The number of carbonyl (C=O) groups is 2. The van der Waals surface area contributed by atoms with Crippen LogP contribution in [0.5, 0.6) is 11.5 Å². The number of hydrogen-bond acceptors (Lipinski definition) is 6. The maximum Gasteiger partial charge on any atom is 0.271 e. The Morgan fingerprint density at radius 3 is 2.38 bits per heavy atom. The van der Waals surface area contributed by atoms with Gasteiger partial charge in [-0.2, -0.15) is 5.10 Å². The van der Waals surface area contributed by atoms with Gasteiger partial charge in [-0.1, -0.05) is 24.3 Å². The van der Waals surface area contributed by atoms with E-state index < -0.39 is 0 Å². The lowest BCUT2D eigenvalue weighted by molar-refractivity contribution is -0.914. The largest absolute Gasteiger partial charge is 0.495 e. The van der Waals surface area contributed by atoms with Crippen LogP contribution >= 0.6 is 0 Å². The van der Waals surface area contributed by atoms with Gasteiger partial charge in [-0.15, -0.1) is 0 Å². The molecular weight excluding hydrogens is 506 g/mol. The predicted octanol–water partition coefficient (Wildman–Crippen LogP) is 2.27. The number of nitrogens with zero attached hydrogens (tertiary/aromatic N) is 2. The Kier molecular flexibility index (Phi) is 10.1. The predicted molar refractivity (Wildman–Crippen MR) is 156 cm³/mol. The first-order chi connectivity index (χ1) is 19.4. The molecule has 3 aromatic rings. The lowest BCUT2D eigenvalue weighted by Gasteiger charge is -2.34. The van der Waals surface area contributed by atoms with Crippen molar-refractivity contribution in [1.82, 2.24) is 10.7 Å². The van der Waals surface area contributed by atoms with E-state index in [1.54, 1.807) is 37.6 Å². The summed E-state index contributed by atoms with van der Waals surface area (Å²) >= 11 is 0. The summed E-state index contributed by atoms with van der Waals surface area (Å²) in [5.41, 5.74) is 6.27. The molecule has 40 heavy (non-hydrogen) atoms. The second-order valence-corrected chi connectivity index (χ2v) is 10.1. The van der Waals surface area contributed by atoms with Crippen LogP contribution in [0.2, 0.25) is 0 Å². The van der Waals surface area contributed by atoms with E-state index in [2.05, 4.69) is 26.8 Å². The number of amides is 2. The molecule has 3 N–H and O–H groups in total. The highest BCUT2D eigenvalue weighted by molar-refractivity contribution is 5.94. The summed E-state index contributed by atoms with van der Waals surface area (Å²) in [5, 5.41) is 6.84. The van der Waals surface area contributed by atoms with E-state index in [4.69, 9.17) is 9.47 Å². The molecule has 1 saturated heterocycles. The van der Waals surface area contributed by atoms with Crippen LogP contribution in [0.25, 0.3) is 0 Å². The van der Waals surface area contributed by atoms with Crippen LogP contribution < -0.4 is 30.0 Å². The van der Waals surface area contributed by atoms with E-state index in [0.717, 1.165) is 49.7 Å². The van der Waals surface area contributed by atoms with E-state index in [1.807, 2.05) is 56.3 Å². The first-order valence-corrected chi connectivity index (χ1v) is 13.6. The highest BCUT2D eigenvalue weighted by Crippen LogP contribution is 2.27. The molecule has 0 spiro atoms. The molecule has 210 valence electrons. The zero-order valence-corrected chi connectivity index (χ0v) is 23.4. The van der Waals surface area contributed by atoms with Gasteiger partial charge in [0.05, 0.1) is 45.2 Å². The fourth-order valence-corrected chi connectivity index (χ4v) is 4.59. The third-order valence-electron chi connectivity index (χ3n) is 6.65. The van der Waals surface area contributed by atoms with Crippen LogP contribution in [0.4, 0.5) is 5.69 Å². The Morgan fingerprint density at radius 2 is 1.70 bits per heavy atom. The number of methoxy groups -OCH3 is 1. The van der Waals surface area contributed by atoms with Crippen molar-refractivity contribution >= 4 is 23.7 Å². The molecule has 0 bridgehead atoms. The molecule has 2 amide bonds. The second kappa shape index (κ2) is 14.1. The van der Waals surface area contributed by atoms with Crippen molar-refractivity contribution in [3.05, 3.63) is 89.5 Å². The lowest BCUT2D eigenvalue weighted by atomic mass is 10.1. The molecule has 4 rings (SSSR count). The standard InChI is InChI=1S/C31H37N5O4/c1-23(2)33-30(37)22-40-27-14-10-24(11-15-27)20-32-34-31(38)26-12-8-25(9-13-26)21-35-16-18-36(19-17-35)28-6-4-5-7-29(28)39-3/h4-15,20,23H,16-19,21-22H2,1-3H3,(H,33,37)(H,34,38)/p+1/b32-20-. The first-order valence-electron chi connectivity index (χ1n) is 13.6. The van der Waals surface area contributed by atoms with E-state index in [1.165, 1.54) is 10.5 Å². The van der Waals surface area contributed by atoms with Crippen LogP contribution in [0.15, 0.2) is 77.9 Å². The Bertz CT molecular complexity index is 1280. The van der Waals surface area contributed by atoms with Gasteiger partial charge in [0.2, 0.25) is 0 Å². The van der Waals surface area contributed by atoms with Gasteiger partial charge in [0.1, 0.15) is 18.0 Å². The molecule has 1 aliphatic rings. The number of para-hydroxylation sites is 2. The number of hydrazone groups is 1. The highest BCUT2D eigenvalue weighted by Gasteiger charge is 2.22. The minimum Gasteiger partial charge on any atom is -0.495 e. The molecule has 0 radical (unpaired) electrons. The molecule has 0 unspecified atom stereocenters. The molecule has 1 heterocycles. The van der Waals surface area contributed by atoms with Gasteiger partial charge in [-0.3, -0.25) is 9.59 Å². The van der Waals surface area contributed by atoms with Crippen molar-refractivity contribution in [2.24, 2.45) is 5.10 Å². The van der Waals surface area contributed by atoms with Gasteiger partial charge >= 0.3 is 0 Å². The van der Waals surface area contributed by atoms with Gasteiger partial charge in [0.15, 0.2) is 6.61 Å². The van der Waals surface area contributed by atoms with Crippen molar-refractivity contribution in [3.8, 4) is 11.5 Å². The lowest BCUT2D eigenvalue weighted by Crippen LogP contribution is -3.13. The summed E-state index contributed by atoms with van der Waals surface area (Å²) in [6.45, 7) is 8.69. The second-order valence-electron chi connectivity index (χ2n) is 10.1. The molecule has 9 nitrogen and oxygen atoms in total. The van der Waals surface area contributed by atoms with E-state index >= 15 is 0 Å². The summed E-state index contributed by atoms with van der Waals surface area (Å²) in [6.07, 6.45) is 1.57. The fourth-order valence-electron chi connectivity index (χ4n) is 4.59. The fraction of sp³-hybridized carbons (Fsp3) is 0.323. The summed E-state index contributed by atoms with van der Waals surface area (Å²) in [7, 11) is 1.71. The summed E-state index contributed by atoms with van der Waals surface area (Å²) in [6, 6.07) is 23.1. The van der Waals surface area contributed by atoms with E-state index in [-0.39, 0.29) is 24.5 Å². The average molecular weight is 545 g/mol. The molecule has 1 aliphatic heterocycles. The number of rotatable bonds is 11. The van der Waals surface area contributed by atoms with E-state index in [9.17, 15) is 9.59 Å². The number of quaternary nitrogens is 1. The average Bonchev–Trinajstić information content (AvgIpc) is 2.97. The number of nitrogens with one attached hydrogen (secondary N) is 3. The van der Waals surface area contributed by atoms with Gasteiger partial charge in [0.25, 0.3) is 11.8 Å². The van der Waals surface area contributed by atoms with Crippen molar-refractivity contribution in [2.45, 2.75) is 26.4 Å². The molecule has 9 heteroatoms. The van der Waals surface area contributed by atoms with Crippen molar-refractivity contribution < 1.29 is 24.0 Å². The zero-order valence-electron chi connectivity index (χ0n) is 23.4. The normalized spacial score (nSPS) is 13.8. The monoisotopic (exact) mass is 544 g/mol. The van der Waals surface area contributed by atoms with Crippen LogP contribution in [-0.4, -0.2) is 64.0 Å². The van der Waals surface area contributed by atoms with Crippen molar-refractivity contribution in [2.75, 3.05) is 44.8 Å². The topological polar surface area (TPSA) is 96.7 Å². The SMILES string of the molecule is COc1ccccc1N1CC[NH+](Cc2ccc(C(=O)N/N=C\c3ccc(OCC(=O)NC(C)C)cc3)cc2)CC1. The maximum atomic E-state index is 12.5. The Labute approximate surface area is 235 Å². The first kappa shape index (κ1) is 28.6. The van der Waals surface area contributed by atoms with Gasteiger partial charge in [0, 0.05) is 17.2 Å².